The molecule has 0 bridgehead atoms. The van der Waals surface area contributed by atoms with Gasteiger partial charge in [0.25, 0.3) is 5.91 Å². The fourth-order valence-corrected chi connectivity index (χ4v) is 5.37. The van der Waals surface area contributed by atoms with Gasteiger partial charge in [-0.2, -0.15) is 8.78 Å². The number of carbonyl (C=O) groups excluding carboxylic acids is 1. The molecule has 1 saturated carbocycles. The summed E-state index contributed by atoms with van der Waals surface area (Å²) >= 11 is 0. The Hall–Kier alpha value is -2.32. The van der Waals surface area contributed by atoms with Gasteiger partial charge in [0.1, 0.15) is 11.4 Å². The monoisotopic (exact) mass is 476 g/mol. The van der Waals surface area contributed by atoms with E-state index in [0.29, 0.717) is 12.1 Å². The maximum Gasteiger partial charge on any atom is 0.387 e. The highest BCUT2D eigenvalue weighted by Crippen LogP contribution is 2.41. The van der Waals surface area contributed by atoms with E-state index in [1.807, 2.05) is 6.07 Å². The molecule has 1 N–H and O–H groups in total. The van der Waals surface area contributed by atoms with Crippen molar-refractivity contribution in [2.45, 2.75) is 82.8 Å². The minimum absolute atomic E-state index is 0.0420. The van der Waals surface area contributed by atoms with Gasteiger partial charge in [-0.25, -0.2) is 0 Å². The van der Waals surface area contributed by atoms with Crippen LogP contribution in [0.3, 0.4) is 0 Å². The van der Waals surface area contributed by atoms with Gasteiger partial charge in [-0.3, -0.25) is 9.78 Å². The molecule has 2 aromatic rings. The number of halogens is 2. The molecule has 0 unspecified atom stereocenters. The number of pyridine rings is 1. The van der Waals surface area contributed by atoms with E-state index in [9.17, 15) is 13.6 Å². The van der Waals surface area contributed by atoms with Crippen molar-refractivity contribution in [2.24, 2.45) is 0 Å². The zero-order valence-corrected chi connectivity index (χ0v) is 21.0. The van der Waals surface area contributed by atoms with Gasteiger partial charge >= 0.3 is 6.61 Å². The van der Waals surface area contributed by atoms with Gasteiger partial charge in [0, 0.05) is 6.20 Å². The molecule has 33 heavy (non-hydrogen) atoms. The molecule has 8 heteroatoms. The van der Waals surface area contributed by atoms with Crippen LogP contribution in [-0.2, 0) is 4.43 Å². The van der Waals surface area contributed by atoms with Crippen molar-refractivity contribution in [3.05, 3.63) is 59.9 Å². The van der Waals surface area contributed by atoms with Crippen molar-refractivity contribution in [3.63, 3.8) is 0 Å². The summed E-state index contributed by atoms with van der Waals surface area (Å²) in [5, 5.41) is 3.19. The molecule has 3 atom stereocenters. The van der Waals surface area contributed by atoms with Gasteiger partial charge in [-0.05, 0) is 73.1 Å². The largest absolute Gasteiger partial charge is 0.435 e. The first-order chi connectivity index (χ1) is 15.5. The highest BCUT2D eigenvalue weighted by molar-refractivity contribution is 6.74. The molecule has 1 aromatic heterocycles. The van der Waals surface area contributed by atoms with E-state index in [2.05, 4.69) is 48.9 Å². The second-order valence-electron chi connectivity index (χ2n) is 10.2. The summed E-state index contributed by atoms with van der Waals surface area (Å²) in [5.74, 6) is 0.00982. The number of hydrogen-bond donors (Lipinski definition) is 1. The van der Waals surface area contributed by atoms with Gasteiger partial charge in [0.15, 0.2) is 8.32 Å². The lowest BCUT2D eigenvalue weighted by molar-refractivity contribution is -0.0499. The molecule has 1 aromatic carbocycles. The van der Waals surface area contributed by atoms with Crippen LogP contribution in [0.25, 0.3) is 0 Å². The Morgan fingerprint density at radius 1 is 1.15 bits per heavy atom. The zero-order valence-electron chi connectivity index (χ0n) is 20.0. The quantitative estimate of drug-likeness (QED) is 0.488. The number of ether oxygens (including phenoxy) is 1. The lowest BCUT2D eigenvalue weighted by Gasteiger charge is -2.44. The topological polar surface area (TPSA) is 60.5 Å². The molecular formula is C25H34F2N2O3Si. The zero-order chi connectivity index (χ0) is 24.2. The van der Waals surface area contributed by atoms with Crippen LogP contribution in [0.15, 0.2) is 48.7 Å². The predicted octanol–water partition coefficient (Wildman–Crippen LogP) is 6.14. The SMILES string of the molecule is CC(C)(C)[Si](C)(C)O[C@H]1CC[C@H](c2cccc(OC(F)F)c2)C[C@@H]1NC(=O)c1ccccn1. The lowest BCUT2D eigenvalue weighted by atomic mass is 9.79. The van der Waals surface area contributed by atoms with Crippen molar-refractivity contribution >= 4 is 14.2 Å². The Balaban J connectivity index is 1.82. The summed E-state index contributed by atoms with van der Waals surface area (Å²) in [6.45, 7) is 8.14. The first-order valence-electron chi connectivity index (χ1n) is 11.4. The molecule has 5 nitrogen and oxygen atoms in total. The number of nitrogens with one attached hydrogen (secondary N) is 1. The molecule has 1 aliphatic rings. The summed E-state index contributed by atoms with van der Waals surface area (Å²) in [6.07, 6.45) is 3.74. The Bertz CT molecular complexity index is 935. The molecule has 1 heterocycles. The van der Waals surface area contributed by atoms with Crippen molar-refractivity contribution in [3.8, 4) is 5.75 Å². The summed E-state index contributed by atoms with van der Waals surface area (Å²) in [5.41, 5.74) is 1.29. The van der Waals surface area contributed by atoms with Crippen LogP contribution in [0.4, 0.5) is 8.78 Å². The van der Waals surface area contributed by atoms with Gasteiger partial charge < -0.3 is 14.5 Å². The molecule has 3 rings (SSSR count). The fourth-order valence-electron chi connectivity index (χ4n) is 3.98. The average Bonchev–Trinajstić information content (AvgIpc) is 2.74. The Labute approximate surface area is 196 Å². The molecule has 1 amide bonds. The molecular weight excluding hydrogens is 442 g/mol. The molecule has 0 saturated heterocycles. The molecule has 1 aliphatic carbocycles. The third kappa shape index (κ3) is 6.60. The van der Waals surface area contributed by atoms with Crippen molar-refractivity contribution < 1.29 is 22.7 Å². The molecule has 180 valence electrons. The highest BCUT2D eigenvalue weighted by Gasteiger charge is 2.43. The number of carbonyl (C=O) groups is 1. The van der Waals surface area contributed by atoms with Gasteiger partial charge in [0.05, 0.1) is 12.1 Å². The first kappa shape index (κ1) is 25.3. The standard InChI is InChI=1S/C25H34F2N2O3Si/c1-25(2,3)33(4,5)32-22-13-12-18(17-9-8-10-19(15-17)31-24(26)27)16-21(22)29-23(30)20-11-6-7-14-28-20/h6-11,14-15,18,21-22,24H,12-13,16H2,1-5H3,(H,29,30)/t18-,21-,22-/m0/s1. The van der Waals surface area contributed by atoms with Crippen molar-refractivity contribution in [1.82, 2.24) is 10.3 Å². The maximum absolute atomic E-state index is 12.9. The van der Waals surface area contributed by atoms with Gasteiger partial charge in [-0.1, -0.05) is 39.0 Å². The van der Waals surface area contributed by atoms with Crippen LogP contribution in [0.2, 0.25) is 18.1 Å². The van der Waals surface area contributed by atoms with E-state index in [0.717, 1.165) is 18.4 Å². The van der Waals surface area contributed by atoms with Crippen LogP contribution in [0.5, 0.6) is 5.75 Å². The van der Waals surface area contributed by atoms with E-state index in [1.165, 1.54) is 6.07 Å². The summed E-state index contributed by atoms with van der Waals surface area (Å²) in [4.78, 5) is 17.1. The number of hydrogen-bond acceptors (Lipinski definition) is 4. The number of aromatic nitrogens is 1. The van der Waals surface area contributed by atoms with Crippen molar-refractivity contribution in [1.29, 1.82) is 0 Å². The van der Waals surface area contributed by atoms with Crippen LogP contribution >= 0.6 is 0 Å². The Kier molecular flexibility index (Phi) is 7.90. The smallest absolute Gasteiger partial charge is 0.387 e. The average molecular weight is 477 g/mol. The fraction of sp³-hybridized carbons (Fsp3) is 0.520. The van der Waals surface area contributed by atoms with E-state index < -0.39 is 14.9 Å². The van der Waals surface area contributed by atoms with Crippen LogP contribution in [-0.4, -0.2) is 38.0 Å². The predicted molar refractivity (Wildman–Crippen MR) is 127 cm³/mol. The second kappa shape index (κ2) is 10.3. The van der Waals surface area contributed by atoms with Gasteiger partial charge in [0.2, 0.25) is 0 Å². The summed E-state index contributed by atoms with van der Waals surface area (Å²) in [6, 6.07) is 11.9. The first-order valence-corrected chi connectivity index (χ1v) is 14.3. The second-order valence-corrected chi connectivity index (χ2v) is 14.9. The van der Waals surface area contributed by atoms with E-state index in [1.54, 1.807) is 36.5 Å². The number of alkyl halides is 2. The van der Waals surface area contributed by atoms with Gasteiger partial charge in [-0.15, -0.1) is 0 Å². The minimum atomic E-state index is -2.86. The van der Waals surface area contributed by atoms with E-state index >= 15 is 0 Å². The molecule has 0 aliphatic heterocycles. The van der Waals surface area contributed by atoms with Crippen molar-refractivity contribution in [2.75, 3.05) is 0 Å². The third-order valence-electron chi connectivity index (χ3n) is 6.81. The van der Waals surface area contributed by atoms with Crippen LogP contribution in [0.1, 0.15) is 62.0 Å². The normalized spacial score (nSPS) is 21.6. The lowest BCUT2D eigenvalue weighted by Crippen LogP contribution is -2.53. The third-order valence-corrected chi connectivity index (χ3v) is 11.3. The Morgan fingerprint density at radius 2 is 1.91 bits per heavy atom. The molecule has 0 spiro atoms. The van der Waals surface area contributed by atoms with E-state index in [-0.39, 0.29) is 34.8 Å². The number of nitrogens with zero attached hydrogens (tertiary/aromatic N) is 1. The Morgan fingerprint density at radius 3 is 2.55 bits per heavy atom. The van der Waals surface area contributed by atoms with Crippen LogP contribution in [0, 0.1) is 0 Å². The number of benzene rings is 1. The summed E-state index contributed by atoms with van der Waals surface area (Å²) < 4.78 is 36.7. The number of amides is 1. The minimum Gasteiger partial charge on any atom is -0.435 e. The van der Waals surface area contributed by atoms with E-state index in [4.69, 9.17) is 4.43 Å². The molecule has 0 radical (unpaired) electrons. The molecule has 1 fully saturated rings. The van der Waals surface area contributed by atoms with Crippen LogP contribution < -0.4 is 10.1 Å². The highest BCUT2D eigenvalue weighted by atomic mass is 28.4. The maximum atomic E-state index is 12.9. The summed E-state index contributed by atoms with van der Waals surface area (Å²) in [7, 11) is -2.06. The number of rotatable bonds is 7.